The van der Waals surface area contributed by atoms with E-state index in [0.717, 1.165) is 25.7 Å². The highest BCUT2D eigenvalue weighted by atomic mass is 16.1. The Morgan fingerprint density at radius 3 is 2.67 bits per heavy atom. The molecule has 0 unspecified atom stereocenters. The second-order valence-electron chi connectivity index (χ2n) is 4.25. The van der Waals surface area contributed by atoms with Crippen LogP contribution in [0.4, 0.5) is 0 Å². The first-order valence-corrected chi connectivity index (χ1v) is 5.31. The van der Waals surface area contributed by atoms with E-state index < -0.39 is 5.54 Å². The molecule has 0 aliphatic heterocycles. The Bertz CT molecular complexity index is 365. The minimum atomic E-state index is -0.709. The summed E-state index contributed by atoms with van der Waals surface area (Å²) in [4.78, 5) is 16.1. The normalized spacial score (nSPS) is 20.1. The summed E-state index contributed by atoms with van der Waals surface area (Å²) in [6.45, 7) is 0. The number of aromatic nitrogens is 3. The van der Waals surface area contributed by atoms with Crippen LogP contribution in [-0.4, -0.2) is 26.1 Å². The van der Waals surface area contributed by atoms with E-state index in [0.29, 0.717) is 5.82 Å². The molecule has 0 atom stereocenters. The summed E-state index contributed by atoms with van der Waals surface area (Å²) in [5, 5.41) is 3.89. The molecule has 1 aliphatic carbocycles. The minimum Gasteiger partial charge on any atom is -0.319 e. The summed E-state index contributed by atoms with van der Waals surface area (Å²) in [7, 11) is 1.71. The molecule has 0 saturated heterocycles. The summed E-state index contributed by atoms with van der Waals surface area (Å²) in [6, 6.07) is 0. The average molecular weight is 208 g/mol. The fraction of sp³-hybridized carbons (Fsp3) is 0.700. The molecule has 1 aromatic heterocycles. The van der Waals surface area contributed by atoms with Crippen molar-refractivity contribution in [2.24, 2.45) is 12.8 Å². The van der Waals surface area contributed by atoms with Crippen LogP contribution in [0, 0.1) is 0 Å². The van der Waals surface area contributed by atoms with E-state index in [1.54, 1.807) is 7.05 Å². The van der Waals surface area contributed by atoms with E-state index >= 15 is 0 Å². The van der Waals surface area contributed by atoms with E-state index in [1.165, 1.54) is 17.4 Å². The number of Topliss-reactive ketones (excluding diaryl/α,β-unsaturated/α-hetero) is 1. The predicted molar refractivity (Wildman–Crippen MR) is 55.3 cm³/mol. The van der Waals surface area contributed by atoms with Gasteiger partial charge in [0.05, 0.1) is 5.54 Å². The molecule has 5 nitrogen and oxygen atoms in total. The SMILES string of the molecule is Cn1ncnc1C(=O)C1(N)CCCCC1. The first-order chi connectivity index (χ1) is 7.13. The molecular weight excluding hydrogens is 192 g/mol. The summed E-state index contributed by atoms with van der Waals surface area (Å²) in [5.41, 5.74) is 5.42. The van der Waals surface area contributed by atoms with Gasteiger partial charge in [-0.1, -0.05) is 19.3 Å². The lowest BCUT2D eigenvalue weighted by molar-refractivity contribution is 0.0832. The summed E-state index contributed by atoms with van der Waals surface area (Å²) in [6.07, 6.45) is 6.14. The number of ketones is 1. The third-order valence-electron chi connectivity index (χ3n) is 3.11. The molecule has 0 aromatic carbocycles. The monoisotopic (exact) mass is 208 g/mol. The number of hydrogen-bond donors (Lipinski definition) is 1. The topological polar surface area (TPSA) is 73.8 Å². The highest BCUT2D eigenvalue weighted by Crippen LogP contribution is 2.28. The van der Waals surface area contributed by atoms with Crippen LogP contribution in [0.1, 0.15) is 42.7 Å². The van der Waals surface area contributed by atoms with Crippen LogP contribution in [0.5, 0.6) is 0 Å². The molecular formula is C10H16N4O. The number of nitrogens with zero attached hydrogens (tertiary/aromatic N) is 3. The van der Waals surface area contributed by atoms with Crippen molar-refractivity contribution < 1.29 is 4.79 Å². The van der Waals surface area contributed by atoms with E-state index in [1.807, 2.05) is 0 Å². The van der Waals surface area contributed by atoms with Crippen molar-refractivity contribution in [1.29, 1.82) is 0 Å². The number of rotatable bonds is 2. The molecule has 2 rings (SSSR count). The van der Waals surface area contributed by atoms with Crippen molar-refractivity contribution in [3.63, 3.8) is 0 Å². The lowest BCUT2D eigenvalue weighted by atomic mass is 9.79. The highest BCUT2D eigenvalue weighted by Gasteiger charge is 2.37. The molecule has 1 aromatic rings. The van der Waals surface area contributed by atoms with Crippen molar-refractivity contribution in [2.75, 3.05) is 0 Å². The Kier molecular flexibility index (Phi) is 2.56. The van der Waals surface area contributed by atoms with E-state index in [4.69, 9.17) is 5.73 Å². The predicted octanol–water partition coefficient (Wildman–Crippen LogP) is 0.659. The molecule has 2 N–H and O–H groups in total. The van der Waals surface area contributed by atoms with Crippen LogP contribution < -0.4 is 5.73 Å². The van der Waals surface area contributed by atoms with Crippen LogP contribution in [0.15, 0.2) is 6.33 Å². The van der Waals surface area contributed by atoms with Gasteiger partial charge in [0.1, 0.15) is 6.33 Å². The first kappa shape index (κ1) is 10.3. The summed E-state index contributed by atoms with van der Waals surface area (Å²) in [5.74, 6) is 0.307. The van der Waals surface area contributed by atoms with Gasteiger partial charge in [-0.05, 0) is 12.8 Å². The van der Waals surface area contributed by atoms with Gasteiger partial charge in [-0.3, -0.25) is 4.79 Å². The summed E-state index contributed by atoms with van der Waals surface area (Å²) >= 11 is 0. The van der Waals surface area contributed by atoms with Gasteiger partial charge in [0, 0.05) is 7.05 Å². The van der Waals surface area contributed by atoms with Gasteiger partial charge in [-0.2, -0.15) is 5.10 Å². The quantitative estimate of drug-likeness (QED) is 0.724. The van der Waals surface area contributed by atoms with Crippen LogP contribution >= 0.6 is 0 Å². The molecule has 15 heavy (non-hydrogen) atoms. The lowest BCUT2D eigenvalue weighted by Crippen LogP contribution is -2.50. The molecule has 0 bridgehead atoms. The Morgan fingerprint density at radius 2 is 2.13 bits per heavy atom. The smallest absolute Gasteiger partial charge is 0.219 e. The largest absolute Gasteiger partial charge is 0.319 e. The van der Waals surface area contributed by atoms with Gasteiger partial charge < -0.3 is 5.73 Å². The maximum Gasteiger partial charge on any atom is 0.219 e. The third kappa shape index (κ3) is 1.79. The Morgan fingerprint density at radius 1 is 1.47 bits per heavy atom. The van der Waals surface area contributed by atoms with Crippen LogP contribution in [0.25, 0.3) is 0 Å². The van der Waals surface area contributed by atoms with Gasteiger partial charge in [0.2, 0.25) is 5.78 Å². The van der Waals surface area contributed by atoms with E-state index in [9.17, 15) is 4.79 Å². The molecule has 0 amide bonds. The molecule has 82 valence electrons. The molecule has 0 spiro atoms. The van der Waals surface area contributed by atoms with E-state index in [2.05, 4.69) is 10.1 Å². The van der Waals surface area contributed by atoms with Gasteiger partial charge >= 0.3 is 0 Å². The number of carbonyl (C=O) groups is 1. The first-order valence-electron chi connectivity index (χ1n) is 5.31. The third-order valence-corrected chi connectivity index (χ3v) is 3.11. The second-order valence-corrected chi connectivity index (χ2v) is 4.25. The van der Waals surface area contributed by atoms with Crippen molar-refractivity contribution in [1.82, 2.24) is 14.8 Å². The average Bonchev–Trinajstić information content (AvgIpc) is 2.64. The minimum absolute atomic E-state index is 0.0674. The summed E-state index contributed by atoms with van der Waals surface area (Å²) < 4.78 is 1.49. The lowest BCUT2D eigenvalue weighted by Gasteiger charge is -2.31. The second kappa shape index (κ2) is 3.73. The number of hydrogen-bond acceptors (Lipinski definition) is 4. The Balaban J connectivity index is 2.23. The number of carbonyl (C=O) groups excluding carboxylic acids is 1. The number of aryl methyl sites for hydroxylation is 1. The Labute approximate surface area is 88.7 Å². The molecule has 0 radical (unpaired) electrons. The molecule has 1 aliphatic rings. The Hall–Kier alpha value is -1.23. The number of nitrogens with two attached hydrogens (primary N) is 1. The zero-order valence-corrected chi connectivity index (χ0v) is 8.94. The van der Waals surface area contributed by atoms with Crippen LogP contribution in [0.3, 0.4) is 0 Å². The van der Waals surface area contributed by atoms with Crippen molar-refractivity contribution in [3.8, 4) is 0 Å². The van der Waals surface area contributed by atoms with E-state index in [-0.39, 0.29) is 5.78 Å². The van der Waals surface area contributed by atoms with Gasteiger partial charge in [0.15, 0.2) is 5.82 Å². The van der Waals surface area contributed by atoms with Crippen molar-refractivity contribution in [2.45, 2.75) is 37.6 Å². The highest BCUT2D eigenvalue weighted by molar-refractivity contribution is 6.00. The fourth-order valence-electron chi connectivity index (χ4n) is 2.13. The van der Waals surface area contributed by atoms with Gasteiger partial charge in [0.25, 0.3) is 0 Å². The zero-order valence-electron chi connectivity index (χ0n) is 8.94. The molecule has 1 heterocycles. The van der Waals surface area contributed by atoms with Gasteiger partial charge in [-0.25, -0.2) is 9.67 Å². The van der Waals surface area contributed by atoms with Crippen LogP contribution in [-0.2, 0) is 7.05 Å². The molecule has 5 heteroatoms. The molecule has 1 saturated carbocycles. The fourth-order valence-corrected chi connectivity index (χ4v) is 2.13. The maximum absolute atomic E-state index is 12.2. The maximum atomic E-state index is 12.2. The van der Waals surface area contributed by atoms with Crippen LogP contribution in [0.2, 0.25) is 0 Å². The standard InChI is InChI=1S/C10H16N4O/c1-14-9(12-7-13-14)8(15)10(11)5-3-2-4-6-10/h7H,2-6,11H2,1H3. The van der Waals surface area contributed by atoms with Crippen molar-refractivity contribution in [3.05, 3.63) is 12.2 Å². The van der Waals surface area contributed by atoms with Gasteiger partial charge in [-0.15, -0.1) is 0 Å². The zero-order chi connectivity index (χ0) is 10.9. The van der Waals surface area contributed by atoms with Crippen molar-refractivity contribution >= 4 is 5.78 Å². The molecule has 1 fully saturated rings.